The molecule has 2 heterocycles. The number of allylic oxidation sites excluding steroid dienone is 1. The number of carbonyl (C=O) groups excluding carboxylic acids is 1. The number of anilines is 1. The predicted octanol–water partition coefficient (Wildman–Crippen LogP) is 4.30. The summed E-state index contributed by atoms with van der Waals surface area (Å²) >= 11 is 0. The van der Waals surface area contributed by atoms with E-state index in [2.05, 4.69) is 5.32 Å². The first-order valence-corrected chi connectivity index (χ1v) is 10.0. The molecule has 0 amide bonds. The quantitative estimate of drug-likeness (QED) is 0.614. The lowest BCUT2D eigenvalue weighted by molar-refractivity contribution is -0.136. The second-order valence-corrected chi connectivity index (χ2v) is 6.92. The highest BCUT2D eigenvalue weighted by Crippen LogP contribution is 2.41. The molecule has 1 aliphatic rings. The number of carbonyl (C=O) groups is 1. The largest absolute Gasteiger partial charge is 0.490 e. The summed E-state index contributed by atoms with van der Waals surface area (Å²) in [5, 5.41) is 3.26. The molecule has 1 aliphatic heterocycles. The summed E-state index contributed by atoms with van der Waals surface area (Å²) in [7, 11) is 1.39. The van der Waals surface area contributed by atoms with Crippen molar-refractivity contribution in [1.82, 2.24) is 9.55 Å². The monoisotopic (exact) mass is 407 g/mol. The number of para-hydroxylation sites is 2. The van der Waals surface area contributed by atoms with Gasteiger partial charge in [-0.1, -0.05) is 18.2 Å². The summed E-state index contributed by atoms with van der Waals surface area (Å²) in [5.74, 6) is 1.61. The maximum atomic E-state index is 12.8. The van der Waals surface area contributed by atoms with Crippen LogP contribution in [0.15, 0.2) is 53.7 Å². The van der Waals surface area contributed by atoms with Gasteiger partial charge in [-0.15, -0.1) is 0 Å². The molecule has 0 bridgehead atoms. The Hall–Kier alpha value is -3.48. The molecular weight excluding hydrogens is 382 g/mol. The first kappa shape index (κ1) is 19.8. The summed E-state index contributed by atoms with van der Waals surface area (Å²) in [4.78, 5) is 17.5. The number of nitrogens with one attached hydrogen (secondary N) is 1. The summed E-state index contributed by atoms with van der Waals surface area (Å²) in [6, 6.07) is 13.2. The van der Waals surface area contributed by atoms with Crippen LogP contribution in [0.25, 0.3) is 11.0 Å². The number of aromatic nitrogens is 2. The molecule has 0 fully saturated rings. The van der Waals surface area contributed by atoms with E-state index in [1.165, 1.54) is 7.11 Å². The van der Waals surface area contributed by atoms with Gasteiger partial charge in [0.25, 0.3) is 0 Å². The lowest BCUT2D eigenvalue weighted by Gasteiger charge is -2.30. The summed E-state index contributed by atoms with van der Waals surface area (Å²) in [6.07, 6.45) is 0. The van der Waals surface area contributed by atoms with Crippen molar-refractivity contribution in [2.24, 2.45) is 0 Å². The van der Waals surface area contributed by atoms with Crippen LogP contribution in [0.2, 0.25) is 0 Å². The molecule has 30 heavy (non-hydrogen) atoms. The molecule has 0 saturated heterocycles. The highest BCUT2D eigenvalue weighted by atomic mass is 16.5. The summed E-state index contributed by atoms with van der Waals surface area (Å²) in [6.45, 7) is 6.77. The lowest BCUT2D eigenvalue weighted by Crippen LogP contribution is -2.28. The highest BCUT2D eigenvalue weighted by molar-refractivity contribution is 5.94. The number of hydrogen-bond acceptors (Lipinski definition) is 6. The summed E-state index contributed by atoms with van der Waals surface area (Å²) in [5.41, 5.74) is 3.89. The van der Waals surface area contributed by atoms with Gasteiger partial charge in [0.05, 0.1) is 43.0 Å². The minimum absolute atomic E-state index is 0.389. The molecule has 156 valence electrons. The zero-order valence-corrected chi connectivity index (χ0v) is 17.6. The topological polar surface area (TPSA) is 74.6 Å². The van der Waals surface area contributed by atoms with Crippen molar-refractivity contribution < 1.29 is 19.0 Å². The molecule has 3 aromatic rings. The van der Waals surface area contributed by atoms with E-state index in [1.807, 2.05) is 67.8 Å². The third-order valence-electron chi connectivity index (χ3n) is 5.12. The highest BCUT2D eigenvalue weighted by Gasteiger charge is 2.35. The normalized spacial score (nSPS) is 15.5. The molecule has 1 atom stereocenters. The molecule has 7 nitrogen and oxygen atoms in total. The maximum absolute atomic E-state index is 12.8. The minimum Gasteiger partial charge on any atom is -0.490 e. The minimum atomic E-state index is -0.420. The Bertz CT molecular complexity index is 1130. The van der Waals surface area contributed by atoms with E-state index in [9.17, 15) is 4.79 Å². The third kappa shape index (κ3) is 3.26. The molecule has 2 aromatic carbocycles. The van der Waals surface area contributed by atoms with Crippen molar-refractivity contribution in [2.75, 3.05) is 25.6 Å². The fourth-order valence-corrected chi connectivity index (χ4v) is 3.89. The average molecular weight is 407 g/mol. The number of methoxy groups -OCH3 is 1. The van der Waals surface area contributed by atoms with E-state index in [0.717, 1.165) is 16.6 Å². The number of imidazole rings is 1. The van der Waals surface area contributed by atoms with E-state index < -0.39 is 6.04 Å². The number of fused-ring (bicyclic) bond motifs is 3. The van der Waals surface area contributed by atoms with Crippen LogP contribution < -0.4 is 14.8 Å². The number of hydrogen-bond donors (Lipinski definition) is 1. The smallest absolute Gasteiger partial charge is 0.337 e. The van der Waals surface area contributed by atoms with Crippen LogP contribution in [0, 0.1) is 0 Å². The fraction of sp³-hybridized carbons (Fsp3) is 0.304. The van der Waals surface area contributed by atoms with Crippen LogP contribution in [-0.4, -0.2) is 35.8 Å². The standard InChI is InChI=1S/C23H25N3O4/c1-5-29-18-12-11-15(13-19(18)30-6-2)21-20(22(27)28-4)14(3)24-23-25-16-9-7-8-10-17(16)26(21)23/h7-13,21H,5-6H2,1-4H3,(H,24,25)/t21-/m0/s1. The van der Waals surface area contributed by atoms with Gasteiger partial charge in [0.15, 0.2) is 11.5 Å². The van der Waals surface area contributed by atoms with Crippen LogP contribution in [0.3, 0.4) is 0 Å². The number of nitrogens with zero attached hydrogens (tertiary/aromatic N) is 2. The van der Waals surface area contributed by atoms with Crippen LogP contribution in [0.5, 0.6) is 11.5 Å². The van der Waals surface area contributed by atoms with E-state index in [-0.39, 0.29) is 5.97 Å². The van der Waals surface area contributed by atoms with Gasteiger partial charge in [-0.05, 0) is 50.6 Å². The van der Waals surface area contributed by atoms with E-state index in [0.29, 0.717) is 41.9 Å². The van der Waals surface area contributed by atoms with Gasteiger partial charge in [0.2, 0.25) is 5.95 Å². The lowest BCUT2D eigenvalue weighted by atomic mass is 9.94. The van der Waals surface area contributed by atoms with Crippen molar-refractivity contribution in [3.8, 4) is 11.5 Å². The van der Waals surface area contributed by atoms with E-state index in [1.54, 1.807) is 0 Å². The molecule has 0 saturated carbocycles. The Morgan fingerprint density at radius 1 is 1.10 bits per heavy atom. The molecule has 0 unspecified atom stereocenters. The zero-order valence-electron chi connectivity index (χ0n) is 17.6. The van der Waals surface area contributed by atoms with Gasteiger partial charge in [0, 0.05) is 5.70 Å². The number of rotatable bonds is 6. The van der Waals surface area contributed by atoms with Gasteiger partial charge in [-0.2, -0.15) is 0 Å². The van der Waals surface area contributed by atoms with Crippen LogP contribution in [0.4, 0.5) is 5.95 Å². The molecule has 7 heteroatoms. The first-order chi connectivity index (χ1) is 14.6. The molecule has 0 radical (unpaired) electrons. The van der Waals surface area contributed by atoms with Crippen molar-refractivity contribution >= 4 is 23.0 Å². The second-order valence-electron chi connectivity index (χ2n) is 6.92. The van der Waals surface area contributed by atoms with E-state index >= 15 is 0 Å². The molecule has 0 aliphatic carbocycles. The zero-order chi connectivity index (χ0) is 21.3. The van der Waals surface area contributed by atoms with Crippen LogP contribution >= 0.6 is 0 Å². The first-order valence-electron chi connectivity index (χ1n) is 10.0. The Morgan fingerprint density at radius 3 is 2.57 bits per heavy atom. The van der Waals surface area contributed by atoms with Crippen molar-refractivity contribution in [3.05, 3.63) is 59.3 Å². The molecular formula is C23H25N3O4. The van der Waals surface area contributed by atoms with Gasteiger partial charge >= 0.3 is 5.97 Å². The number of ether oxygens (including phenoxy) is 3. The molecule has 1 aromatic heterocycles. The Labute approximate surface area is 175 Å². The Kier molecular flexibility index (Phi) is 5.35. The van der Waals surface area contributed by atoms with Gasteiger partial charge in [-0.25, -0.2) is 9.78 Å². The van der Waals surface area contributed by atoms with Gasteiger partial charge in [-0.3, -0.25) is 4.57 Å². The van der Waals surface area contributed by atoms with Crippen molar-refractivity contribution in [1.29, 1.82) is 0 Å². The van der Waals surface area contributed by atoms with Crippen LogP contribution in [-0.2, 0) is 9.53 Å². The van der Waals surface area contributed by atoms with Crippen molar-refractivity contribution in [3.63, 3.8) is 0 Å². The van der Waals surface area contributed by atoms with Crippen molar-refractivity contribution in [2.45, 2.75) is 26.8 Å². The van der Waals surface area contributed by atoms with Crippen LogP contribution in [0.1, 0.15) is 32.4 Å². The molecule has 4 rings (SSSR count). The Balaban J connectivity index is 1.95. The predicted molar refractivity (Wildman–Crippen MR) is 115 cm³/mol. The van der Waals surface area contributed by atoms with Gasteiger partial charge < -0.3 is 19.5 Å². The Morgan fingerprint density at radius 2 is 1.83 bits per heavy atom. The SMILES string of the molecule is CCOc1ccc([C@H]2C(C(=O)OC)=C(C)Nc3nc4ccccc4n32)cc1OCC. The number of benzene rings is 2. The average Bonchev–Trinajstić information content (AvgIpc) is 3.11. The molecule has 1 N–H and O–H groups in total. The number of esters is 1. The fourth-order valence-electron chi connectivity index (χ4n) is 3.89. The second kappa shape index (κ2) is 8.10. The summed E-state index contributed by atoms with van der Waals surface area (Å²) < 4.78 is 18.7. The molecule has 0 spiro atoms. The van der Waals surface area contributed by atoms with Gasteiger partial charge in [0.1, 0.15) is 0 Å². The maximum Gasteiger partial charge on any atom is 0.337 e. The van der Waals surface area contributed by atoms with E-state index in [4.69, 9.17) is 19.2 Å². The third-order valence-corrected chi connectivity index (χ3v) is 5.12.